The molecule has 3 N–H and O–H groups in total. The minimum absolute atomic E-state index is 0.0645. The second kappa shape index (κ2) is 11.7. The minimum Gasteiger partial charge on any atom is -0.478 e. The van der Waals surface area contributed by atoms with Gasteiger partial charge in [0.15, 0.2) is 0 Å². The summed E-state index contributed by atoms with van der Waals surface area (Å²) < 4.78 is 0. The number of thioether (sulfide) groups is 1. The zero-order valence-corrected chi connectivity index (χ0v) is 21.5. The SMILES string of the molecule is O=C(O)c1ccccc1C(=O)Nc1ccc(SC(C(=O)Nc2ccc3ccccc3c2)c2ccccc2)cc1. The molecule has 0 aliphatic heterocycles. The van der Waals surface area contributed by atoms with Crippen LogP contribution in [0.5, 0.6) is 0 Å². The molecular weight excluding hydrogens is 508 g/mol. The van der Waals surface area contributed by atoms with E-state index in [-0.39, 0.29) is 17.0 Å². The molecule has 0 heterocycles. The van der Waals surface area contributed by atoms with Gasteiger partial charge in [-0.15, -0.1) is 11.8 Å². The number of aromatic carboxylic acids is 1. The van der Waals surface area contributed by atoms with Gasteiger partial charge in [0.1, 0.15) is 5.25 Å². The Balaban J connectivity index is 1.32. The number of carboxylic acid groups (broad SMARTS) is 1. The van der Waals surface area contributed by atoms with Gasteiger partial charge in [0, 0.05) is 16.3 Å². The van der Waals surface area contributed by atoms with E-state index in [0.717, 1.165) is 26.9 Å². The van der Waals surface area contributed by atoms with Gasteiger partial charge in [0.05, 0.1) is 11.1 Å². The molecule has 0 saturated heterocycles. The zero-order chi connectivity index (χ0) is 27.2. The average Bonchev–Trinajstić information content (AvgIpc) is 2.97. The fourth-order valence-corrected chi connectivity index (χ4v) is 5.22. The average molecular weight is 533 g/mol. The number of nitrogens with one attached hydrogen (secondary N) is 2. The number of amides is 2. The van der Waals surface area contributed by atoms with Gasteiger partial charge in [0.2, 0.25) is 5.91 Å². The zero-order valence-electron chi connectivity index (χ0n) is 20.7. The lowest BCUT2D eigenvalue weighted by Crippen LogP contribution is -2.19. The molecule has 1 unspecified atom stereocenters. The Morgan fingerprint density at radius 1 is 0.615 bits per heavy atom. The second-order valence-electron chi connectivity index (χ2n) is 8.79. The number of hydrogen-bond acceptors (Lipinski definition) is 4. The fraction of sp³-hybridized carbons (Fsp3) is 0.0312. The lowest BCUT2D eigenvalue weighted by Gasteiger charge is -2.18. The maximum absolute atomic E-state index is 13.5. The number of benzene rings is 5. The van der Waals surface area contributed by atoms with Crippen molar-refractivity contribution in [1.82, 2.24) is 0 Å². The monoisotopic (exact) mass is 532 g/mol. The van der Waals surface area contributed by atoms with E-state index in [2.05, 4.69) is 10.6 Å². The molecule has 7 heteroatoms. The molecule has 0 saturated carbocycles. The van der Waals surface area contributed by atoms with E-state index in [1.807, 2.05) is 84.9 Å². The summed E-state index contributed by atoms with van der Waals surface area (Å²) in [5.74, 6) is -1.82. The Bertz CT molecular complexity index is 1650. The Hall–Kier alpha value is -4.88. The van der Waals surface area contributed by atoms with Crippen LogP contribution in [0.2, 0.25) is 0 Å². The summed E-state index contributed by atoms with van der Waals surface area (Å²) >= 11 is 1.40. The van der Waals surface area contributed by atoms with E-state index in [1.54, 1.807) is 24.3 Å². The van der Waals surface area contributed by atoms with E-state index < -0.39 is 17.1 Å². The van der Waals surface area contributed by atoms with E-state index in [4.69, 9.17) is 0 Å². The Kier molecular flexibility index (Phi) is 7.70. The van der Waals surface area contributed by atoms with Crippen molar-refractivity contribution in [2.75, 3.05) is 10.6 Å². The van der Waals surface area contributed by atoms with Gasteiger partial charge in [-0.1, -0.05) is 72.8 Å². The van der Waals surface area contributed by atoms with Crippen molar-refractivity contribution in [2.24, 2.45) is 0 Å². The van der Waals surface area contributed by atoms with Crippen molar-refractivity contribution in [3.63, 3.8) is 0 Å². The molecule has 0 aromatic heterocycles. The van der Waals surface area contributed by atoms with Crippen molar-refractivity contribution in [1.29, 1.82) is 0 Å². The van der Waals surface area contributed by atoms with Crippen molar-refractivity contribution in [3.05, 3.63) is 138 Å². The molecule has 5 aromatic rings. The molecular formula is C32H24N2O4S. The molecule has 1 atom stereocenters. The third-order valence-corrected chi connectivity index (χ3v) is 7.39. The highest BCUT2D eigenvalue weighted by Gasteiger charge is 2.22. The van der Waals surface area contributed by atoms with Crippen LogP contribution in [-0.2, 0) is 4.79 Å². The van der Waals surface area contributed by atoms with Crippen LogP contribution in [-0.4, -0.2) is 22.9 Å². The predicted molar refractivity (Wildman–Crippen MR) is 155 cm³/mol. The van der Waals surface area contributed by atoms with Gasteiger partial charge in [-0.3, -0.25) is 9.59 Å². The molecule has 5 rings (SSSR count). The van der Waals surface area contributed by atoms with E-state index in [9.17, 15) is 19.5 Å². The fourth-order valence-electron chi connectivity index (χ4n) is 4.19. The van der Waals surface area contributed by atoms with Crippen LogP contribution in [0.4, 0.5) is 11.4 Å². The number of carbonyl (C=O) groups excluding carboxylic acids is 2. The quantitative estimate of drug-likeness (QED) is 0.183. The normalized spacial score (nSPS) is 11.5. The molecule has 39 heavy (non-hydrogen) atoms. The van der Waals surface area contributed by atoms with Crippen LogP contribution in [0, 0.1) is 0 Å². The van der Waals surface area contributed by atoms with Crippen molar-refractivity contribution < 1.29 is 19.5 Å². The molecule has 0 spiro atoms. The summed E-state index contributed by atoms with van der Waals surface area (Å²) in [5, 5.41) is 16.8. The lowest BCUT2D eigenvalue weighted by atomic mass is 10.1. The van der Waals surface area contributed by atoms with Gasteiger partial charge in [-0.2, -0.15) is 0 Å². The summed E-state index contributed by atoms with van der Waals surface area (Å²) in [5.41, 5.74) is 2.12. The van der Waals surface area contributed by atoms with Crippen LogP contribution in [0.3, 0.4) is 0 Å². The molecule has 192 valence electrons. The van der Waals surface area contributed by atoms with E-state index in [1.165, 1.54) is 23.9 Å². The molecule has 0 bridgehead atoms. The first kappa shape index (κ1) is 25.8. The first-order valence-corrected chi connectivity index (χ1v) is 13.1. The Morgan fingerprint density at radius 3 is 1.95 bits per heavy atom. The molecule has 5 aromatic carbocycles. The van der Waals surface area contributed by atoms with Crippen LogP contribution in [0.25, 0.3) is 10.8 Å². The standard InChI is InChI=1S/C32H24N2O4S/c35-30(27-12-6-7-13-28(27)32(37)38)33-24-16-18-26(19-17-24)39-29(22-9-2-1-3-10-22)31(36)34-25-15-14-21-8-4-5-11-23(21)20-25/h1-20,29H,(H,33,35)(H,34,36)(H,37,38). The molecule has 6 nitrogen and oxygen atoms in total. The van der Waals surface area contributed by atoms with Gasteiger partial charge in [-0.05, 0) is 64.9 Å². The van der Waals surface area contributed by atoms with E-state index >= 15 is 0 Å². The highest BCUT2D eigenvalue weighted by atomic mass is 32.2. The molecule has 0 aliphatic rings. The summed E-state index contributed by atoms with van der Waals surface area (Å²) in [6.07, 6.45) is 0. The smallest absolute Gasteiger partial charge is 0.336 e. The number of hydrogen-bond donors (Lipinski definition) is 3. The van der Waals surface area contributed by atoms with Crippen LogP contribution in [0.15, 0.2) is 126 Å². The summed E-state index contributed by atoms with van der Waals surface area (Å²) in [7, 11) is 0. The van der Waals surface area contributed by atoms with Crippen molar-refractivity contribution >= 4 is 51.7 Å². The van der Waals surface area contributed by atoms with Gasteiger partial charge < -0.3 is 15.7 Å². The lowest BCUT2D eigenvalue weighted by molar-refractivity contribution is -0.115. The largest absolute Gasteiger partial charge is 0.478 e. The summed E-state index contributed by atoms with van der Waals surface area (Å²) in [6.45, 7) is 0. The first-order chi connectivity index (χ1) is 19.0. The summed E-state index contributed by atoms with van der Waals surface area (Å²) in [4.78, 5) is 38.5. The highest BCUT2D eigenvalue weighted by Crippen LogP contribution is 2.37. The third-order valence-electron chi connectivity index (χ3n) is 6.13. The molecule has 0 radical (unpaired) electrons. The van der Waals surface area contributed by atoms with E-state index in [0.29, 0.717) is 5.69 Å². The number of anilines is 2. The molecule has 2 amide bonds. The van der Waals surface area contributed by atoms with Crippen LogP contribution in [0.1, 0.15) is 31.5 Å². The number of carbonyl (C=O) groups is 3. The maximum atomic E-state index is 13.5. The molecule has 0 aliphatic carbocycles. The Morgan fingerprint density at radius 2 is 1.23 bits per heavy atom. The first-order valence-electron chi connectivity index (χ1n) is 12.2. The van der Waals surface area contributed by atoms with Crippen molar-refractivity contribution in [2.45, 2.75) is 10.1 Å². The van der Waals surface area contributed by atoms with Gasteiger partial charge in [0.25, 0.3) is 5.91 Å². The third kappa shape index (κ3) is 6.17. The summed E-state index contributed by atoms with van der Waals surface area (Å²) in [6, 6.07) is 36.5. The number of rotatable bonds is 8. The van der Waals surface area contributed by atoms with Gasteiger partial charge in [-0.25, -0.2) is 4.79 Å². The predicted octanol–water partition coefficient (Wildman–Crippen LogP) is 7.26. The molecule has 0 fully saturated rings. The van der Waals surface area contributed by atoms with Gasteiger partial charge >= 0.3 is 5.97 Å². The van der Waals surface area contributed by atoms with Crippen molar-refractivity contribution in [3.8, 4) is 0 Å². The number of fused-ring (bicyclic) bond motifs is 1. The minimum atomic E-state index is -1.17. The van der Waals surface area contributed by atoms with Crippen LogP contribution < -0.4 is 10.6 Å². The highest BCUT2D eigenvalue weighted by molar-refractivity contribution is 8.00. The topological polar surface area (TPSA) is 95.5 Å². The number of carboxylic acids is 1. The second-order valence-corrected chi connectivity index (χ2v) is 9.97. The maximum Gasteiger partial charge on any atom is 0.336 e. The van der Waals surface area contributed by atoms with Crippen LogP contribution >= 0.6 is 11.8 Å². The Labute approximate surface area is 229 Å².